The van der Waals surface area contributed by atoms with Crippen LogP contribution in [0.15, 0.2) is 48.8 Å². The summed E-state index contributed by atoms with van der Waals surface area (Å²) in [6, 6.07) is 9.59. The number of anilines is 2. The first kappa shape index (κ1) is 14.8. The molecule has 3 aromatic rings. The lowest BCUT2D eigenvalue weighted by molar-refractivity contribution is 0.614. The maximum Gasteiger partial charge on any atom is 0.149 e. The van der Waals surface area contributed by atoms with Gasteiger partial charge in [0.25, 0.3) is 0 Å². The average Bonchev–Trinajstić information content (AvgIpc) is 2.65. The lowest BCUT2D eigenvalue weighted by Crippen LogP contribution is -2.46. The molecule has 0 N–H and O–H groups in total. The number of rotatable bonds is 2. The van der Waals surface area contributed by atoms with E-state index in [0.29, 0.717) is 5.82 Å². The monoisotopic (exact) mass is 326 g/mol. The fourth-order valence-corrected chi connectivity index (χ4v) is 3.06. The first-order valence-corrected chi connectivity index (χ1v) is 7.87. The van der Waals surface area contributed by atoms with Gasteiger partial charge in [0.1, 0.15) is 23.0 Å². The molecule has 0 unspecified atom stereocenters. The zero-order valence-electron chi connectivity index (χ0n) is 13.0. The molecule has 4 rings (SSSR count). The van der Waals surface area contributed by atoms with Crippen LogP contribution in [-0.4, -0.2) is 36.1 Å². The molecule has 0 saturated carbocycles. The van der Waals surface area contributed by atoms with Gasteiger partial charge in [-0.2, -0.15) is 0 Å². The summed E-state index contributed by atoms with van der Waals surface area (Å²) in [6.07, 6.45) is 3.56. The van der Waals surface area contributed by atoms with Crippen molar-refractivity contribution in [3.05, 3.63) is 60.4 Å². The smallest absolute Gasteiger partial charge is 0.149 e. The number of nitrogens with zero attached hydrogens (tertiary/aromatic N) is 4. The van der Waals surface area contributed by atoms with E-state index in [2.05, 4.69) is 19.8 Å². The largest absolute Gasteiger partial charge is 0.368 e. The predicted octanol–water partition coefficient (Wildman–Crippen LogP) is 3.23. The van der Waals surface area contributed by atoms with Gasteiger partial charge >= 0.3 is 0 Å². The molecular weight excluding hydrogens is 310 g/mol. The van der Waals surface area contributed by atoms with Crippen LogP contribution in [-0.2, 0) is 0 Å². The lowest BCUT2D eigenvalue weighted by Gasteiger charge is -2.36. The first-order valence-electron chi connectivity index (χ1n) is 7.87. The van der Waals surface area contributed by atoms with Gasteiger partial charge in [0.15, 0.2) is 0 Å². The van der Waals surface area contributed by atoms with Crippen LogP contribution in [0.2, 0.25) is 0 Å². The van der Waals surface area contributed by atoms with Crippen LogP contribution in [0.25, 0.3) is 10.9 Å². The standard InChI is InChI=1S/C18H16F2N4/c19-15-2-3-16(20)18-14(15)1-4-17(22-18)24-11-9-23(10-12-24)13-5-7-21-8-6-13/h1-8H,9-12H2. The number of pyridine rings is 2. The van der Waals surface area contributed by atoms with Crippen molar-refractivity contribution in [1.82, 2.24) is 9.97 Å². The van der Waals surface area contributed by atoms with Crippen LogP contribution in [0.3, 0.4) is 0 Å². The molecule has 6 heteroatoms. The van der Waals surface area contributed by atoms with E-state index in [1.807, 2.05) is 12.1 Å². The third-order valence-corrected chi connectivity index (χ3v) is 4.37. The van der Waals surface area contributed by atoms with Crippen molar-refractivity contribution >= 4 is 22.4 Å². The van der Waals surface area contributed by atoms with Crippen LogP contribution in [0.4, 0.5) is 20.3 Å². The summed E-state index contributed by atoms with van der Waals surface area (Å²) in [6.45, 7) is 3.24. The van der Waals surface area contributed by atoms with Crippen molar-refractivity contribution in [2.75, 3.05) is 36.0 Å². The molecule has 1 aliphatic rings. The Morgan fingerprint density at radius 1 is 0.750 bits per heavy atom. The van der Waals surface area contributed by atoms with E-state index >= 15 is 0 Å². The molecule has 3 heterocycles. The molecule has 4 nitrogen and oxygen atoms in total. The van der Waals surface area contributed by atoms with Crippen LogP contribution >= 0.6 is 0 Å². The highest BCUT2D eigenvalue weighted by Gasteiger charge is 2.19. The minimum Gasteiger partial charge on any atom is -0.368 e. The van der Waals surface area contributed by atoms with Crippen molar-refractivity contribution in [1.29, 1.82) is 0 Å². The number of benzene rings is 1. The van der Waals surface area contributed by atoms with Gasteiger partial charge in [-0.3, -0.25) is 4.98 Å². The van der Waals surface area contributed by atoms with Crippen molar-refractivity contribution in [3.63, 3.8) is 0 Å². The fourth-order valence-electron chi connectivity index (χ4n) is 3.06. The van der Waals surface area contributed by atoms with Crippen LogP contribution in [0.1, 0.15) is 0 Å². The second-order valence-corrected chi connectivity index (χ2v) is 5.77. The molecule has 122 valence electrons. The van der Waals surface area contributed by atoms with Gasteiger partial charge < -0.3 is 9.80 Å². The van der Waals surface area contributed by atoms with Crippen molar-refractivity contribution < 1.29 is 8.78 Å². The molecule has 2 aromatic heterocycles. The third kappa shape index (κ3) is 2.64. The lowest BCUT2D eigenvalue weighted by atomic mass is 10.2. The van der Waals surface area contributed by atoms with Crippen molar-refractivity contribution in [2.24, 2.45) is 0 Å². The summed E-state index contributed by atoms with van der Waals surface area (Å²) < 4.78 is 27.7. The molecule has 1 fully saturated rings. The van der Waals surface area contributed by atoms with E-state index in [1.54, 1.807) is 24.5 Å². The van der Waals surface area contributed by atoms with Gasteiger partial charge in [0, 0.05) is 49.6 Å². The van der Waals surface area contributed by atoms with E-state index in [9.17, 15) is 8.78 Å². The number of piperazine rings is 1. The van der Waals surface area contributed by atoms with Crippen LogP contribution < -0.4 is 9.80 Å². The molecular formula is C18H16F2N4. The average molecular weight is 326 g/mol. The second-order valence-electron chi connectivity index (χ2n) is 5.77. The first-order chi connectivity index (χ1) is 11.7. The van der Waals surface area contributed by atoms with Crippen molar-refractivity contribution in [3.8, 4) is 0 Å². The quantitative estimate of drug-likeness (QED) is 0.724. The maximum atomic E-state index is 13.9. The number of aromatic nitrogens is 2. The number of halogens is 2. The summed E-state index contributed by atoms with van der Waals surface area (Å²) in [5, 5.41) is 0.217. The van der Waals surface area contributed by atoms with Gasteiger partial charge in [0.2, 0.25) is 0 Å². The van der Waals surface area contributed by atoms with Crippen LogP contribution in [0.5, 0.6) is 0 Å². The fraction of sp³-hybridized carbons (Fsp3) is 0.222. The number of hydrogen-bond acceptors (Lipinski definition) is 4. The summed E-state index contributed by atoms with van der Waals surface area (Å²) in [7, 11) is 0. The Bertz CT molecular complexity index is 862. The van der Waals surface area contributed by atoms with Gasteiger partial charge in [-0.05, 0) is 36.4 Å². The minimum absolute atomic E-state index is 0.0871. The van der Waals surface area contributed by atoms with Crippen molar-refractivity contribution in [2.45, 2.75) is 0 Å². The van der Waals surface area contributed by atoms with Crippen LogP contribution in [0, 0.1) is 11.6 Å². The molecule has 1 saturated heterocycles. The van der Waals surface area contributed by atoms with E-state index in [0.717, 1.165) is 44.0 Å². The molecule has 0 spiro atoms. The predicted molar refractivity (Wildman–Crippen MR) is 90.3 cm³/mol. The summed E-state index contributed by atoms with van der Waals surface area (Å²) in [4.78, 5) is 12.7. The molecule has 0 radical (unpaired) electrons. The summed E-state index contributed by atoms with van der Waals surface area (Å²) in [5.74, 6) is -0.266. The molecule has 0 atom stereocenters. The topological polar surface area (TPSA) is 32.3 Å². The van der Waals surface area contributed by atoms with Gasteiger partial charge in [-0.15, -0.1) is 0 Å². The number of fused-ring (bicyclic) bond motifs is 1. The highest BCUT2D eigenvalue weighted by atomic mass is 19.1. The summed E-state index contributed by atoms with van der Waals surface area (Å²) in [5.41, 5.74) is 1.23. The molecule has 1 aliphatic heterocycles. The highest BCUT2D eigenvalue weighted by Crippen LogP contribution is 2.24. The minimum atomic E-state index is -0.497. The normalized spacial score (nSPS) is 15.1. The SMILES string of the molecule is Fc1ccc(F)c2nc(N3CCN(c4ccncc4)CC3)ccc12. The zero-order valence-corrected chi connectivity index (χ0v) is 13.0. The Kier molecular flexibility index (Phi) is 3.72. The van der Waals surface area contributed by atoms with E-state index in [-0.39, 0.29) is 10.9 Å². The molecule has 24 heavy (non-hydrogen) atoms. The Morgan fingerprint density at radius 3 is 2.17 bits per heavy atom. The Balaban J connectivity index is 1.55. The zero-order chi connectivity index (χ0) is 16.5. The summed E-state index contributed by atoms with van der Waals surface area (Å²) >= 11 is 0. The van der Waals surface area contributed by atoms with Gasteiger partial charge in [-0.1, -0.05) is 0 Å². The van der Waals surface area contributed by atoms with E-state index in [1.165, 1.54) is 0 Å². The highest BCUT2D eigenvalue weighted by molar-refractivity contribution is 5.81. The number of hydrogen-bond donors (Lipinski definition) is 0. The van der Waals surface area contributed by atoms with E-state index < -0.39 is 11.6 Å². The molecule has 0 amide bonds. The maximum absolute atomic E-state index is 13.9. The Morgan fingerprint density at radius 2 is 1.42 bits per heavy atom. The van der Waals surface area contributed by atoms with E-state index in [4.69, 9.17) is 0 Å². The molecule has 1 aromatic carbocycles. The Labute approximate surface area is 138 Å². The third-order valence-electron chi connectivity index (χ3n) is 4.37. The Hall–Kier alpha value is -2.76. The second kappa shape index (κ2) is 6.03. The van der Waals surface area contributed by atoms with Gasteiger partial charge in [-0.25, -0.2) is 13.8 Å². The van der Waals surface area contributed by atoms with Gasteiger partial charge in [0.05, 0.1) is 0 Å². The molecule has 0 bridgehead atoms. The molecule has 0 aliphatic carbocycles.